The third-order valence-corrected chi connectivity index (χ3v) is 5.33. The Kier molecular flexibility index (Phi) is 5.93. The van der Waals surface area contributed by atoms with E-state index in [1.165, 1.54) is 12.8 Å². The minimum absolute atomic E-state index is 0.0492. The highest BCUT2D eigenvalue weighted by Crippen LogP contribution is 2.33. The fourth-order valence-electron chi connectivity index (χ4n) is 3.78. The molecule has 1 aromatic carbocycles. The number of nitrogens with one attached hydrogen (secondary N) is 1. The number of carbonyl (C=O) groups is 1. The van der Waals surface area contributed by atoms with Crippen LogP contribution in [0.5, 0.6) is 5.75 Å². The molecule has 4 rings (SSSR count). The Balaban J connectivity index is 1.53. The molecule has 1 aliphatic carbocycles. The van der Waals surface area contributed by atoms with E-state index in [0.717, 1.165) is 42.1 Å². The zero-order valence-corrected chi connectivity index (χ0v) is 16.8. The summed E-state index contributed by atoms with van der Waals surface area (Å²) in [6.45, 7) is 0.693. The van der Waals surface area contributed by atoms with Gasteiger partial charge in [-0.2, -0.15) is 5.10 Å². The molecule has 1 N–H and O–H groups in total. The van der Waals surface area contributed by atoms with E-state index in [2.05, 4.69) is 21.5 Å². The molecule has 29 heavy (non-hydrogen) atoms. The van der Waals surface area contributed by atoms with Crippen molar-refractivity contribution < 1.29 is 9.53 Å². The van der Waals surface area contributed by atoms with Gasteiger partial charge in [-0.1, -0.05) is 12.1 Å². The van der Waals surface area contributed by atoms with Gasteiger partial charge >= 0.3 is 0 Å². The van der Waals surface area contributed by atoms with Gasteiger partial charge in [-0.05, 0) is 44.2 Å². The maximum atomic E-state index is 11.4. The summed E-state index contributed by atoms with van der Waals surface area (Å²) < 4.78 is 10.2. The Morgan fingerprint density at radius 3 is 2.93 bits per heavy atom. The first-order valence-corrected chi connectivity index (χ1v) is 10.3. The number of carbonyl (C=O) groups excluding carboxylic acids is 1. The van der Waals surface area contributed by atoms with Crippen molar-refractivity contribution in [3.8, 4) is 22.8 Å². The van der Waals surface area contributed by atoms with Crippen LogP contribution in [0.1, 0.15) is 38.5 Å². The smallest absolute Gasteiger partial charge is 0.219 e. The van der Waals surface area contributed by atoms with Crippen molar-refractivity contribution in [2.75, 3.05) is 7.05 Å². The number of hydrogen-bond donors (Lipinski definition) is 1. The summed E-state index contributed by atoms with van der Waals surface area (Å²) in [6, 6.07) is 8.09. The third-order valence-electron chi connectivity index (χ3n) is 5.33. The molecule has 0 atom stereocenters. The Morgan fingerprint density at radius 2 is 2.10 bits per heavy atom. The molecule has 7 heteroatoms. The zero-order valence-electron chi connectivity index (χ0n) is 16.8. The lowest BCUT2D eigenvalue weighted by Gasteiger charge is -2.16. The third kappa shape index (κ3) is 4.50. The molecule has 1 aliphatic rings. The topological polar surface area (TPSA) is 74.0 Å². The van der Waals surface area contributed by atoms with Gasteiger partial charge in [0.05, 0.1) is 23.6 Å². The monoisotopic (exact) mass is 393 g/mol. The van der Waals surface area contributed by atoms with Crippen molar-refractivity contribution in [1.82, 2.24) is 24.6 Å². The zero-order chi connectivity index (χ0) is 20.1. The molecule has 0 radical (unpaired) electrons. The van der Waals surface area contributed by atoms with Crippen LogP contribution in [-0.2, 0) is 11.3 Å². The molecular weight excluding hydrogens is 366 g/mol. The van der Waals surface area contributed by atoms with Gasteiger partial charge in [0.15, 0.2) is 0 Å². The van der Waals surface area contributed by atoms with Crippen molar-refractivity contribution in [1.29, 1.82) is 0 Å². The number of aromatic nitrogens is 4. The number of benzene rings is 1. The van der Waals surface area contributed by atoms with E-state index < -0.39 is 0 Å². The molecule has 1 fully saturated rings. The van der Waals surface area contributed by atoms with Gasteiger partial charge in [0.25, 0.3) is 0 Å². The summed E-state index contributed by atoms with van der Waals surface area (Å²) in [7, 11) is 1.66. The summed E-state index contributed by atoms with van der Waals surface area (Å²) in [5.74, 6) is 1.77. The van der Waals surface area contributed by atoms with Crippen LogP contribution in [0.3, 0.4) is 0 Å². The van der Waals surface area contributed by atoms with Gasteiger partial charge in [0.1, 0.15) is 11.6 Å². The molecule has 0 unspecified atom stereocenters. The van der Waals surface area contributed by atoms with Crippen LogP contribution in [-0.4, -0.2) is 38.4 Å². The molecule has 0 aliphatic heterocycles. The molecule has 7 nitrogen and oxygen atoms in total. The molecule has 152 valence electrons. The number of imidazole rings is 1. The minimum Gasteiger partial charge on any atom is -0.490 e. The molecule has 0 saturated heterocycles. The Labute approximate surface area is 170 Å². The molecule has 0 bridgehead atoms. The van der Waals surface area contributed by atoms with Crippen molar-refractivity contribution in [3.05, 3.63) is 49.1 Å². The highest BCUT2D eigenvalue weighted by Gasteiger charge is 2.20. The van der Waals surface area contributed by atoms with Crippen LogP contribution in [0.2, 0.25) is 0 Å². The summed E-state index contributed by atoms with van der Waals surface area (Å²) in [5.41, 5.74) is 1.92. The second-order valence-corrected chi connectivity index (χ2v) is 7.38. The quantitative estimate of drug-likeness (QED) is 0.635. The molecule has 2 heterocycles. The molecule has 1 amide bonds. The van der Waals surface area contributed by atoms with Gasteiger partial charge in [0, 0.05) is 38.6 Å². The van der Waals surface area contributed by atoms with E-state index in [4.69, 9.17) is 4.74 Å². The van der Waals surface area contributed by atoms with Crippen molar-refractivity contribution >= 4 is 5.91 Å². The van der Waals surface area contributed by atoms with Gasteiger partial charge in [-0.15, -0.1) is 0 Å². The van der Waals surface area contributed by atoms with Crippen LogP contribution in [0, 0.1) is 0 Å². The first-order valence-electron chi connectivity index (χ1n) is 10.3. The average molecular weight is 393 g/mol. The first kappa shape index (κ1) is 19.2. The van der Waals surface area contributed by atoms with Crippen LogP contribution >= 0.6 is 0 Å². The lowest BCUT2D eigenvalue weighted by atomic mass is 10.1. The van der Waals surface area contributed by atoms with E-state index in [-0.39, 0.29) is 5.91 Å². The molecule has 0 spiro atoms. The van der Waals surface area contributed by atoms with E-state index in [1.807, 2.05) is 46.0 Å². The Hall–Kier alpha value is -3.09. The van der Waals surface area contributed by atoms with Crippen molar-refractivity contribution in [3.63, 3.8) is 0 Å². The normalized spacial score (nSPS) is 14.2. The van der Waals surface area contributed by atoms with E-state index in [0.29, 0.717) is 19.1 Å². The largest absolute Gasteiger partial charge is 0.490 e. The van der Waals surface area contributed by atoms with Crippen LogP contribution in [0.4, 0.5) is 0 Å². The maximum absolute atomic E-state index is 11.4. The highest BCUT2D eigenvalue weighted by molar-refractivity contribution is 5.75. The van der Waals surface area contributed by atoms with Crippen LogP contribution in [0.15, 0.2) is 49.1 Å². The number of aryl methyl sites for hydroxylation is 1. The Morgan fingerprint density at radius 1 is 1.28 bits per heavy atom. The van der Waals surface area contributed by atoms with Gasteiger partial charge in [0.2, 0.25) is 5.91 Å². The number of hydrogen-bond acceptors (Lipinski definition) is 4. The fourth-order valence-corrected chi connectivity index (χ4v) is 3.78. The number of nitrogens with zero attached hydrogens (tertiary/aromatic N) is 4. The summed E-state index contributed by atoms with van der Waals surface area (Å²) >= 11 is 0. The van der Waals surface area contributed by atoms with E-state index >= 15 is 0 Å². The lowest BCUT2D eigenvalue weighted by Crippen LogP contribution is -2.17. The lowest BCUT2D eigenvalue weighted by molar-refractivity contribution is -0.120. The predicted octanol–water partition coefficient (Wildman–Crippen LogP) is 3.58. The second kappa shape index (κ2) is 8.94. The number of ether oxygens (including phenoxy) is 1. The van der Waals surface area contributed by atoms with Crippen LogP contribution in [0.25, 0.3) is 17.1 Å². The van der Waals surface area contributed by atoms with E-state index in [1.54, 1.807) is 13.2 Å². The SMILES string of the molecule is CNC(=O)CCCn1cc(-n2ccnc2-c2ccccc2OC2CCCC2)cn1. The second-order valence-electron chi connectivity index (χ2n) is 7.38. The average Bonchev–Trinajstić information content (AvgIpc) is 3.50. The molecule has 1 saturated carbocycles. The van der Waals surface area contributed by atoms with Crippen LogP contribution < -0.4 is 10.1 Å². The summed E-state index contributed by atoms with van der Waals surface area (Å²) in [5, 5.41) is 7.08. The number of rotatable bonds is 8. The maximum Gasteiger partial charge on any atom is 0.219 e. The van der Waals surface area contributed by atoms with Gasteiger partial charge in [-0.25, -0.2) is 4.98 Å². The van der Waals surface area contributed by atoms with Gasteiger partial charge < -0.3 is 10.1 Å². The fraction of sp³-hybridized carbons (Fsp3) is 0.409. The van der Waals surface area contributed by atoms with Gasteiger partial charge in [-0.3, -0.25) is 14.0 Å². The molecular formula is C22H27N5O2. The first-order chi connectivity index (χ1) is 14.2. The van der Waals surface area contributed by atoms with Crippen molar-refractivity contribution in [2.45, 2.75) is 51.2 Å². The Bertz CT molecular complexity index is 956. The summed E-state index contributed by atoms with van der Waals surface area (Å²) in [4.78, 5) is 16.0. The number of amides is 1. The molecule has 3 aromatic rings. The number of para-hydroxylation sites is 1. The summed E-state index contributed by atoms with van der Waals surface area (Å²) in [6.07, 6.45) is 13.8. The standard InChI is InChI=1S/C22H27N5O2/c1-23-21(28)11-6-13-26-16-17(15-25-26)27-14-12-24-22(27)19-9-4-5-10-20(19)29-18-7-2-3-8-18/h4-5,9-10,12,14-16,18H,2-3,6-8,11,13H2,1H3,(H,23,28). The van der Waals surface area contributed by atoms with Crippen molar-refractivity contribution in [2.24, 2.45) is 0 Å². The molecule has 2 aromatic heterocycles. The minimum atomic E-state index is 0.0492. The van der Waals surface area contributed by atoms with E-state index in [9.17, 15) is 4.79 Å². The predicted molar refractivity (Wildman–Crippen MR) is 111 cm³/mol. The highest BCUT2D eigenvalue weighted by atomic mass is 16.5.